The Labute approximate surface area is 684 Å². The molecule has 0 nitrogen and oxygen atoms in total. The quantitative estimate of drug-likeness (QED) is 0.105. The summed E-state index contributed by atoms with van der Waals surface area (Å²) in [5.41, 5.74) is 20.3. The van der Waals surface area contributed by atoms with Crippen LogP contribution in [0, 0.1) is 0 Å². The van der Waals surface area contributed by atoms with Crippen LogP contribution in [-0.4, -0.2) is 0 Å². The Morgan fingerprint density at radius 1 is 0.0932 bits per heavy atom. The van der Waals surface area contributed by atoms with Crippen molar-refractivity contribution in [1.29, 1.82) is 0 Å². The molecule has 0 saturated heterocycles. The van der Waals surface area contributed by atoms with E-state index in [0.29, 0.717) is 0 Å². The number of rotatable bonds is 8. The molecule has 0 heteroatoms. The molecule has 0 radical (unpaired) electrons. The van der Waals surface area contributed by atoms with E-state index in [4.69, 9.17) is 0 Å². The Kier molecular flexibility index (Phi) is 16.4. The maximum atomic E-state index is 2.34. The minimum absolute atomic E-state index is 1.23. The molecule has 0 N–H and O–H groups in total. The summed E-state index contributed by atoms with van der Waals surface area (Å²) in [5.74, 6) is 0. The van der Waals surface area contributed by atoms with Crippen LogP contribution in [0.5, 0.6) is 0 Å². The molecule has 0 bridgehead atoms. The molecule has 0 fully saturated rings. The van der Waals surface area contributed by atoms with Crippen LogP contribution < -0.4 is 0 Å². The zero-order valence-electron chi connectivity index (χ0n) is 64.7. The lowest BCUT2D eigenvalue weighted by Gasteiger charge is -2.19. The van der Waals surface area contributed by atoms with E-state index in [2.05, 4.69) is 449 Å². The molecule has 0 aliphatic heterocycles. The molecule has 25 rings (SSSR count). The molecule has 0 heterocycles. The van der Waals surface area contributed by atoms with Crippen LogP contribution >= 0.6 is 0 Å². The Hall–Kier alpha value is -15.3. The highest BCUT2D eigenvalue weighted by molar-refractivity contribution is 6.29. The average Bonchev–Trinajstić information content (AvgIpc) is 0.743. The SMILES string of the molecule is c1cc(-c2ccc(-c3ccc4ccc5cccc6ccc3c4c56)cc2)cc(-c2ccc3ccc4cccc5ccc2c3c45)c1.c1ccc2cc(-c3c4ccccc4c(-c4cccc5ccccc45)c4ccccc34)ccc2c1.c1ccc2cc(-c3ccc(-c4c5ccccc5c(-c5cccc6ccccc56)c5ccccc45)cc3)ccc2c1. The highest BCUT2D eigenvalue weighted by Crippen LogP contribution is 2.50. The minimum Gasteiger partial charge on any atom is -0.0616 e. The molecule has 0 aromatic heterocycles. The van der Waals surface area contributed by atoms with Gasteiger partial charge in [0.05, 0.1) is 0 Å². The van der Waals surface area contributed by atoms with Crippen LogP contribution in [-0.2, 0) is 0 Å². The summed E-state index contributed by atoms with van der Waals surface area (Å²) in [5, 5.41) is 36.4. The first kappa shape index (κ1) is 68.3. The summed E-state index contributed by atoms with van der Waals surface area (Å²) in [4.78, 5) is 0. The molecule has 25 aromatic carbocycles. The second kappa shape index (κ2) is 28.3. The molecular formula is C118H74. The zero-order valence-corrected chi connectivity index (χ0v) is 64.7. The van der Waals surface area contributed by atoms with Crippen molar-refractivity contribution in [3.63, 3.8) is 0 Å². The molecule has 118 heavy (non-hydrogen) atoms. The van der Waals surface area contributed by atoms with Crippen molar-refractivity contribution in [2.75, 3.05) is 0 Å². The van der Waals surface area contributed by atoms with E-state index in [-0.39, 0.29) is 0 Å². The van der Waals surface area contributed by atoms with Crippen LogP contribution in [0.1, 0.15) is 0 Å². The van der Waals surface area contributed by atoms with E-state index in [9.17, 15) is 0 Å². The van der Waals surface area contributed by atoms with Gasteiger partial charge in [0.15, 0.2) is 0 Å². The van der Waals surface area contributed by atoms with Crippen molar-refractivity contribution < 1.29 is 0 Å². The van der Waals surface area contributed by atoms with Gasteiger partial charge in [-0.25, -0.2) is 0 Å². The summed E-state index contributed by atoms with van der Waals surface area (Å²) < 4.78 is 0. The summed E-state index contributed by atoms with van der Waals surface area (Å²) in [6.07, 6.45) is 0. The fourth-order valence-electron chi connectivity index (χ4n) is 19.6. The van der Waals surface area contributed by atoms with Crippen molar-refractivity contribution in [3.8, 4) is 89.0 Å². The number of fused-ring (bicyclic) bond motifs is 8. The van der Waals surface area contributed by atoms with Gasteiger partial charge in [-0.05, 0) is 258 Å². The third kappa shape index (κ3) is 11.5. The predicted octanol–water partition coefficient (Wildman–Crippen LogP) is 33.4. The molecule has 0 aliphatic rings. The van der Waals surface area contributed by atoms with Crippen LogP contribution in [0.25, 0.3) is 240 Å². The van der Waals surface area contributed by atoms with Gasteiger partial charge in [0.25, 0.3) is 0 Å². The van der Waals surface area contributed by atoms with Gasteiger partial charge < -0.3 is 0 Å². The largest absolute Gasteiger partial charge is 0.0616 e. The van der Waals surface area contributed by atoms with E-state index in [0.717, 1.165) is 0 Å². The Morgan fingerprint density at radius 3 is 0.805 bits per heavy atom. The van der Waals surface area contributed by atoms with Gasteiger partial charge in [-0.3, -0.25) is 0 Å². The summed E-state index contributed by atoms with van der Waals surface area (Å²) in [6, 6.07) is 165. The fraction of sp³-hybridized carbons (Fsp3) is 0. The fourth-order valence-corrected chi connectivity index (χ4v) is 19.6. The molecule has 546 valence electrons. The summed E-state index contributed by atoms with van der Waals surface area (Å²) in [6.45, 7) is 0. The van der Waals surface area contributed by atoms with Crippen molar-refractivity contribution in [2.45, 2.75) is 0 Å². The first-order valence-electron chi connectivity index (χ1n) is 41.0. The molecule has 0 saturated carbocycles. The normalized spacial score (nSPS) is 11.7. The second-order valence-corrected chi connectivity index (χ2v) is 31.5. The van der Waals surface area contributed by atoms with Crippen LogP contribution in [0.3, 0.4) is 0 Å². The van der Waals surface area contributed by atoms with Gasteiger partial charge in [-0.1, -0.05) is 431 Å². The molecule has 0 unspecified atom stereocenters. The van der Waals surface area contributed by atoms with Crippen molar-refractivity contribution in [1.82, 2.24) is 0 Å². The van der Waals surface area contributed by atoms with Crippen molar-refractivity contribution in [3.05, 3.63) is 449 Å². The molecule has 0 aliphatic carbocycles. The smallest absolute Gasteiger partial charge is 0.00201 e. The number of benzene rings is 25. The third-order valence-electron chi connectivity index (χ3n) is 25.0. The molecule has 25 aromatic rings. The van der Waals surface area contributed by atoms with Crippen LogP contribution in [0.4, 0.5) is 0 Å². The van der Waals surface area contributed by atoms with Crippen LogP contribution in [0.2, 0.25) is 0 Å². The van der Waals surface area contributed by atoms with Gasteiger partial charge in [0.2, 0.25) is 0 Å². The first-order valence-corrected chi connectivity index (χ1v) is 41.0. The predicted molar refractivity (Wildman–Crippen MR) is 510 cm³/mol. The summed E-state index contributed by atoms with van der Waals surface area (Å²) in [7, 11) is 0. The highest BCUT2D eigenvalue weighted by Gasteiger charge is 2.22. The molecule has 0 atom stereocenters. The minimum atomic E-state index is 1.23. The first-order chi connectivity index (χ1) is 58.5. The van der Waals surface area contributed by atoms with Gasteiger partial charge in [0.1, 0.15) is 0 Å². The maximum absolute atomic E-state index is 2.34. The standard InChI is InChI=1S/C44H26.C40H26.C34H22/c1-4-29-14-16-33-18-22-37(39-24-20-31(6-1)41(29)43(33)39)28-12-10-27(11-13-28)35-8-3-9-36(26-35)38-23-19-34-17-15-30-5-2-7-32-21-25-40(38)44(34)42(30)32;1-2-12-31-26-32(25-22-27(31)10-1)28-20-23-30(24-21-28)39-35-15-5-7-17-37(35)40(38-18-8-6-16-36(38)39)34-19-9-13-29-11-3-4-14-33(29)34;1-2-12-25-22-26(21-20-23(25)10-1)33-29-15-5-7-17-31(29)34(32-18-8-6-16-30(32)33)28-19-9-13-24-11-3-4-14-27(24)28/h1-26H;1-26H;1-22H. The van der Waals surface area contributed by atoms with Crippen LogP contribution in [0.15, 0.2) is 449 Å². The van der Waals surface area contributed by atoms with Crippen molar-refractivity contribution >= 4 is 151 Å². The van der Waals surface area contributed by atoms with E-state index in [1.165, 1.54) is 240 Å². The lowest BCUT2D eigenvalue weighted by Crippen LogP contribution is -1.91. The van der Waals surface area contributed by atoms with E-state index in [1.807, 2.05) is 0 Å². The Balaban J connectivity index is 0.000000105. The molecule has 0 amide bonds. The van der Waals surface area contributed by atoms with E-state index >= 15 is 0 Å². The lowest BCUT2D eigenvalue weighted by atomic mass is 9.84. The highest BCUT2D eigenvalue weighted by atomic mass is 14.3. The average molecular weight is 1490 g/mol. The Bertz CT molecular complexity index is 8130. The maximum Gasteiger partial charge on any atom is -0.00201 e. The Morgan fingerprint density at radius 2 is 0.356 bits per heavy atom. The van der Waals surface area contributed by atoms with Gasteiger partial charge in [-0.15, -0.1) is 0 Å². The molecule has 0 spiro atoms. The van der Waals surface area contributed by atoms with E-state index < -0.39 is 0 Å². The second-order valence-electron chi connectivity index (χ2n) is 31.5. The lowest BCUT2D eigenvalue weighted by molar-refractivity contribution is 1.60. The molecular weight excluding hydrogens is 1420 g/mol. The van der Waals surface area contributed by atoms with Gasteiger partial charge in [-0.2, -0.15) is 0 Å². The monoisotopic (exact) mass is 1490 g/mol. The van der Waals surface area contributed by atoms with Crippen molar-refractivity contribution in [2.24, 2.45) is 0 Å². The zero-order chi connectivity index (χ0) is 77.7. The van der Waals surface area contributed by atoms with Gasteiger partial charge >= 0.3 is 0 Å². The van der Waals surface area contributed by atoms with E-state index in [1.54, 1.807) is 0 Å². The topological polar surface area (TPSA) is 0 Å². The summed E-state index contributed by atoms with van der Waals surface area (Å²) >= 11 is 0. The number of hydrogen-bond acceptors (Lipinski definition) is 0. The number of hydrogen-bond donors (Lipinski definition) is 0. The van der Waals surface area contributed by atoms with Gasteiger partial charge in [0, 0.05) is 0 Å². The third-order valence-corrected chi connectivity index (χ3v) is 25.0.